The summed E-state index contributed by atoms with van der Waals surface area (Å²) in [5.41, 5.74) is 1.81. The molecule has 1 atom stereocenters. The average molecular weight is 278 g/mol. The minimum atomic E-state index is -0.00579. The van der Waals surface area contributed by atoms with Gasteiger partial charge in [0.05, 0.1) is 0 Å². The van der Waals surface area contributed by atoms with Crippen LogP contribution >= 0.6 is 11.8 Å². The van der Waals surface area contributed by atoms with Gasteiger partial charge in [0.2, 0.25) is 0 Å². The van der Waals surface area contributed by atoms with Crippen LogP contribution in [0.3, 0.4) is 0 Å². The number of nitrogens with one attached hydrogen (secondary N) is 2. The van der Waals surface area contributed by atoms with E-state index in [0.29, 0.717) is 0 Å². The van der Waals surface area contributed by atoms with Gasteiger partial charge in [0, 0.05) is 23.8 Å². The fraction of sp³-hybridized carbons (Fsp3) is 0.533. The van der Waals surface area contributed by atoms with E-state index in [1.54, 1.807) is 0 Å². The van der Waals surface area contributed by atoms with Gasteiger partial charge in [-0.15, -0.1) is 0 Å². The van der Waals surface area contributed by atoms with Gasteiger partial charge in [0.15, 0.2) is 0 Å². The zero-order valence-corrected chi connectivity index (χ0v) is 12.4. The van der Waals surface area contributed by atoms with Crippen LogP contribution in [0.1, 0.15) is 30.6 Å². The molecule has 1 heterocycles. The Morgan fingerprint density at radius 3 is 2.68 bits per heavy atom. The summed E-state index contributed by atoms with van der Waals surface area (Å²) in [6, 6.07) is 7.90. The summed E-state index contributed by atoms with van der Waals surface area (Å²) in [5.74, 6) is 3.34. The molecule has 2 rings (SSSR count). The number of carbonyl (C=O) groups excluding carboxylic acids is 1. The molecule has 0 radical (unpaired) electrons. The van der Waals surface area contributed by atoms with Gasteiger partial charge in [0.25, 0.3) is 5.91 Å². The molecule has 1 unspecified atom stereocenters. The Bertz CT molecular complexity index is 411. The standard InChI is InChI=1S/C15H22N2OS/c1-11(2)17-15(18)13-3-5-14(6-4-13)16-9-12-7-8-19-10-12/h3-6,11-12,16H,7-10H2,1-2H3,(H,17,18). The molecule has 3 nitrogen and oxygen atoms in total. The van der Waals surface area contributed by atoms with Gasteiger partial charge >= 0.3 is 0 Å². The van der Waals surface area contributed by atoms with Crippen molar-refractivity contribution < 1.29 is 4.79 Å². The second kappa shape index (κ2) is 6.85. The van der Waals surface area contributed by atoms with Gasteiger partial charge in [-0.25, -0.2) is 0 Å². The first kappa shape index (κ1) is 14.3. The van der Waals surface area contributed by atoms with Crippen molar-refractivity contribution in [3.8, 4) is 0 Å². The van der Waals surface area contributed by atoms with Crippen molar-refractivity contribution in [1.29, 1.82) is 0 Å². The molecule has 0 saturated carbocycles. The molecular weight excluding hydrogens is 256 g/mol. The molecule has 2 N–H and O–H groups in total. The van der Waals surface area contributed by atoms with E-state index in [2.05, 4.69) is 10.6 Å². The van der Waals surface area contributed by atoms with Crippen LogP contribution in [0, 0.1) is 5.92 Å². The predicted octanol–water partition coefficient (Wildman–Crippen LogP) is 2.99. The quantitative estimate of drug-likeness (QED) is 0.870. The van der Waals surface area contributed by atoms with Crippen molar-refractivity contribution in [1.82, 2.24) is 5.32 Å². The fourth-order valence-electron chi connectivity index (χ4n) is 2.09. The van der Waals surface area contributed by atoms with Crippen LogP contribution in [0.2, 0.25) is 0 Å². The minimum Gasteiger partial charge on any atom is -0.385 e. The second-order valence-corrected chi connectivity index (χ2v) is 6.47. The van der Waals surface area contributed by atoms with Crippen LogP contribution < -0.4 is 10.6 Å². The van der Waals surface area contributed by atoms with Gasteiger partial charge in [0.1, 0.15) is 0 Å². The number of benzene rings is 1. The fourth-order valence-corrected chi connectivity index (χ4v) is 3.38. The van der Waals surface area contributed by atoms with Crippen LogP contribution in [0.5, 0.6) is 0 Å². The van der Waals surface area contributed by atoms with Gasteiger partial charge < -0.3 is 10.6 Å². The lowest BCUT2D eigenvalue weighted by Gasteiger charge is -2.12. The zero-order valence-electron chi connectivity index (χ0n) is 11.6. The molecule has 4 heteroatoms. The molecule has 1 aliphatic rings. The number of amides is 1. The SMILES string of the molecule is CC(C)NC(=O)c1ccc(NCC2CCSC2)cc1. The molecule has 0 spiro atoms. The first-order valence-electron chi connectivity index (χ1n) is 6.87. The number of anilines is 1. The summed E-state index contributed by atoms with van der Waals surface area (Å²) >= 11 is 2.04. The summed E-state index contributed by atoms with van der Waals surface area (Å²) in [7, 11) is 0. The molecule has 1 amide bonds. The van der Waals surface area contributed by atoms with Gasteiger partial charge in [-0.3, -0.25) is 4.79 Å². The van der Waals surface area contributed by atoms with Crippen molar-refractivity contribution in [2.75, 3.05) is 23.4 Å². The van der Waals surface area contributed by atoms with E-state index in [0.717, 1.165) is 23.7 Å². The molecule has 1 saturated heterocycles. The Morgan fingerprint density at radius 1 is 1.37 bits per heavy atom. The number of hydrogen-bond acceptors (Lipinski definition) is 3. The third-order valence-electron chi connectivity index (χ3n) is 3.19. The van der Waals surface area contributed by atoms with Gasteiger partial charge in [-0.2, -0.15) is 11.8 Å². The molecule has 1 aromatic rings. The smallest absolute Gasteiger partial charge is 0.251 e. The first-order valence-corrected chi connectivity index (χ1v) is 8.03. The molecular formula is C15H22N2OS. The van der Waals surface area contributed by atoms with Crippen LogP contribution in [0.25, 0.3) is 0 Å². The van der Waals surface area contributed by atoms with E-state index in [-0.39, 0.29) is 11.9 Å². The second-order valence-electron chi connectivity index (χ2n) is 5.32. The predicted molar refractivity (Wildman–Crippen MR) is 83.0 cm³/mol. The van der Waals surface area contributed by atoms with Crippen molar-refractivity contribution in [3.63, 3.8) is 0 Å². The van der Waals surface area contributed by atoms with E-state index >= 15 is 0 Å². The molecule has 19 heavy (non-hydrogen) atoms. The van der Waals surface area contributed by atoms with E-state index in [1.165, 1.54) is 17.9 Å². The first-order chi connectivity index (χ1) is 9.15. The van der Waals surface area contributed by atoms with Crippen molar-refractivity contribution in [2.45, 2.75) is 26.3 Å². The highest BCUT2D eigenvalue weighted by Gasteiger charge is 2.14. The summed E-state index contributed by atoms with van der Waals surface area (Å²) in [6.07, 6.45) is 1.31. The lowest BCUT2D eigenvalue weighted by atomic mass is 10.1. The molecule has 1 aliphatic heterocycles. The third kappa shape index (κ3) is 4.46. The van der Waals surface area contributed by atoms with Crippen molar-refractivity contribution in [3.05, 3.63) is 29.8 Å². The minimum absolute atomic E-state index is 0.00579. The Kier molecular flexibility index (Phi) is 5.14. The average Bonchev–Trinajstić information content (AvgIpc) is 2.89. The maximum atomic E-state index is 11.8. The maximum Gasteiger partial charge on any atom is 0.251 e. The highest BCUT2D eigenvalue weighted by molar-refractivity contribution is 7.99. The van der Waals surface area contributed by atoms with Crippen LogP contribution in [-0.4, -0.2) is 30.0 Å². The Hall–Kier alpha value is -1.16. The Labute approximate surface area is 119 Å². The molecule has 104 valence electrons. The summed E-state index contributed by atoms with van der Waals surface area (Å²) in [6.45, 7) is 4.96. The van der Waals surface area contributed by atoms with E-state index < -0.39 is 0 Å². The van der Waals surface area contributed by atoms with Gasteiger partial charge in [-0.05, 0) is 62.0 Å². The molecule has 1 aromatic carbocycles. The normalized spacial score (nSPS) is 18.6. The van der Waals surface area contributed by atoms with Gasteiger partial charge in [-0.1, -0.05) is 0 Å². The van der Waals surface area contributed by atoms with Crippen LogP contribution in [0.4, 0.5) is 5.69 Å². The van der Waals surface area contributed by atoms with E-state index in [1.807, 2.05) is 49.9 Å². The number of rotatable bonds is 5. The topological polar surface area (TPSA) is 41.1 Å². The Morgan fingerprint density at radius 2 is 2.11 bits per heavy atom. The van der Waals surface area contributed by atoms with Crippen molar-refractivity contribution >= 4 is 23.4 Å². The Balaban J connectivity index is 1.85. The number of hydrogen-bond donors (Lipinski definition) is 2. The lowest BCUT2D eigenvalue weighted by Crippen LogP contribution is -2.29. The third-order valence-corrected chi connectivity index (χ3v) is 4.42. The molecule has 0 aliphatic carbocycles. The maximum absolute atomic E-state index is 11.8. The largest absolute Gasteiger partial charge is 0.385 e. The lowest BCUT2D eigenvalue weighted by molar-refractivity contribution is 0.0943. The summed E-state index contributed by atoms with van der Waals surface area (Å²) in [5, 5.41) is 6.34. The van der Waals surface area contributed by atoms with Crippen molar-refractivity contribution in [2.24, 2.45) is 5.92 Å². The van der Waals surface area contributed by atoms with Crippen LogP contribution in [-0.2, 0) is 0 Å². The zero-order chi connectivity index (χ0) is 13.7. The summed E-state index contributed by atoms with van der Waals surface area (Å²) < 4.78 is 0. The number of carbonyl (C=O) groups is 1. The highest BCUT2D eigenvalue weighted by atomic mass is 32.2. The number of thioether (sulfide) groups is 1. The molecule has 1 fully saturated rings. The molecule has 0 bridgehead atoms. The summed E-state index contributed by atoms with van der Waals surface area (Å²) in [4.78, 5) is 11.8. The molecule has 0 aromatic heterocycles. The monoisotopic (exact) mass is 278 g/mol. The van der Waals surface area contributed by atoms with Crippen LogP contribution in [0.15, 0.2) is 24.3 Å². The van der Waals surface area contributed by atoms with E-state index in [4.69, 9.17) is 0 Å². The van der Waals surface area contributed by atoms with E-state index in [9.17, 15) is 4.79 Å². The highest BCUT2D eigenvalue weighted by Crippen LogP contribution is 2.23.